The van der Waals surface area contributed by atoms with Crippen LogP contribution >= 0.6 is 0 Å². The standard InChI is InChI=1S/2N3.Ru/c2*1-3-2;/q2*-1;+2. The van der Waals surface area contributed by atoms with Crippen LogP contribution < -0.4 is 0 Å². The molecule has 0 rings (SSSR count). The minimum absolute atomic E-state index is 0.811. The first-order valence-corrected chi connectivity index (χ1v) is 2.67. The zero-order valence-corrected chi connectivity index (χ0v) is 4.77. The van der Waals surface area contributed by atoms with Crippen LogP contribution in [0.5, 0.6) is 0 Å². The maximum absolute atomic E-state index is 7.59. The zero-order chi connectivity index (χ0) is 5.54. The molecule has 0 atom stereocenters. The summed E-state index contributed by atoms with van der Waals surface area (Å²) in [5, 5.41) is 0. The molecule has 0 saturated heterocycles. The van der Waals surface area contributed by atoms with Crippen LogP contribution in [0.25, 0.3) is 20.9 Å². The number of rotatable bonds is 2. The van der Waals surface area contributed by atoms with Gasteiger partial charge in [0.2, 0.25) is 0 Å². The molecule has 0 aromatic heterocycles. The molecule has 0 aliphatic heterocycles. The van der Waals surface area contributed by atoms with Crippen LogP contribution in [0, 0.1) is 0 Å². The monoisotopic (exact) mass is 186 g/mol. The Morgan fingerprint density at radius 2 is 1.57 bits per heavy atom. The molecule has 0 N–H and O–H groups in total. The van der Waals surface area contributed by atoms with Crippen molar-refractivity contribution in [3.63, 3.8) is 0 Å². The molecule has 0 bridgehead atoms. The van der Waals surface area contributed by atoms with Gasteiger partial charge >= 0.3 is 46.2 Å². The van der Waals surface area contributed by atoms with Gasteiger partial charge in [-0.25, -0.2) is 0 Å². The van der Waals surface area contributed by atoms with E-state index in [0.717, 1.165) is 0 Å². The van der Waals surface area contributed by atoms with E-state index in [1.165, 1.54) is 0 Å². The number of azide groups is 1. The van der Waals surface area contributed by atoms with Gasteiger partial charge in [-0.3, -0.25) is 0 Å². The molecule has 0 radical (unpaired) electrons. The predicted octanol–water partition coefficient (Wildman–Crippen LogP) is 1.52. The Morgan fingerprint density at radius 1 is 1.14 bits per heavy atom. The first-order valence-electron chi connectivity index (χ1n) is 1.12. The van der Waals surface area contributed by atoms with Crippen molar-refractivity contribution < 1.29 is 17.6 Å². The third-order valence-corrected chi connectivity index (χ3v) is 0.748. The molecular weight excluding hydrogens is 185 g/mol. The van der Waals surface area contributed by atoms with Crippen LogP contribution in [-0.4, -0.2) is 0 Å². The number of hydrogen-bond donors (Lipinski definition) is 0. The molecule has 0 aromatic carbocycles. The van der Waals surface area contributed by atoms with Crippen molar-refractivity contribution in [3.8, 4) is 0 Å². The van der Waals surface area contributed by atoms with Gasteiger partial charge in [0.25, 0.3) is 0 Å². The summed E-state index contributed by atoms with van der Waals surface area (Å²) in [5.74, 6) is 0. The maximum atomic E-state index is 7.59. The molecule has 0 unspecified atom stereocenters. The van der Waals surface area contributed by atoms with Gasteiger partial charge in [0.05, 0.1) is 0 Å². The Bertz CT molecular complexity index is 107. The fourth-order valence-electron chi connectivity index (χ4n) is 0.0424. The average Bonchev–Trinajstić information content (AvgIpc) is 1.69. The van der Waals surface area contributed by atoms with Crippen LogP contribution in [0.4, 0.5) is 0 Å². The van der Waals surface area contributed by atoms with E-state index in [9.17, 15) is 0 Å². The van der Waals surface area contributed by atoms with Gasteiger partial charge in [0, 0.05) is 0 Å². The summed E-state index contributed by atoms with van der Waals surface area (Å²) in [6, 6.07) is 0. The van der Waals surface area contributed by atoms with Crippen molar-refractivity contribution in [2.45, 2.75) is 0 Å². The second-order valence-corrected chi connectivity index (χ2v) is 1.43. The van der Waals surface area contributed by atoms with Crippen LogP contribution in [-0.2, 0) is 17.6 Å². The van der Waals surface area contributed by atoms with Gasteiger partial charge in [0.15, 0.2) is 0 Å². The van der Waals surface area contributed by atoms with E-state index in [1.807, 2.05) is 0 Å². The van der Waals surface area contributed by atoms with E-state index in [-0.39, 0.29) is 0 Å². The molecule has 7 heteroatoms. The van der Waals surface area contributed by atoms with Gasteiger partial charge in [-0.2, -0.15) is 0 Å². The van der Waals surface area contributed by atoms with Crippen LogP contribution in [0.3, 0.4) is 0 Å². The van der Waals surface area contributed by atoms with Gasteiger partial charge in [-0.15, -0.1) is 0 Å². The van der Waals surface area contributed by atoms with Crippen molar-refractivity contribution in [1.29, 1.82) is 0 Å². The topological polar surface area (TPSA) is 97.5 Å². The van der Waals surface area contributed by atoms with Crippen LogP contribution in [0.15, 0.2) is 7.71 Å². The van der Waals surface area contributed by atoms with Crippen molar-refractivity contribution in [2.75, 3.05) is 0 Å². The third-order valence-electron chi connectivity index (χ3n) is 0.126. The van der Waals surface area contributed by atoms with Crippen LogP contribution in [0.1, 0.15) is 0 Å². The summed E-state index contributed by atoms with van der Waals surface area (Å²) in [6.07, 6.45) is 0. The van der Waals surface area contributed by atoms with E-state index in [4.69, 9.17) is 11.1 Å². The summed E-state index contributed by atoms with van der Waals surface area (Å²) in [4.78, 5) is 4.75. The fraction of sp³-hybridized carbons (Fsp3) is 0. The molecule has 0 aliphatic carbocycles. The second-order valence-electron chi connectivity index (χ2n) is 0.391. The molecule has 6 nitrogen and oxygen atoms in total. The van der Waals surface area contributed by atoms with Crippen molar-refractivity contribution >= 4 is 0 Å². The van der Waals surface area contributed by atoms with Crippen molar-refractivity contribution in [1.82, 2.24) is 0 Å². The summed E-state index contributed by atoms with van der Waals surface area (Å²) in [6.45, 7) is 0. The SMILES string of the molecule is [N-]=[N+]=[N][Ru][N]=[N+]=[N-]. The van der Waals surface area contributed by atoms with Gasteiger partial charge in [-0.1, -0.05) is 0 Å². The normalized spacial score (nSPS) is 6.29. The summed E-state index contributed by atoms with van der Waals surface area (Å²) >= 11 is -0.811. The predicted molar refractivity (Wildman–Crippen MR) is 18.3 cm³/mol. The van der Waals surface area contributed by atoms with E-state index >= 15 is 0 Å². The van der Waals surface area contributed by atoms with E-state index < -0.39 is 17.6 Å². The average molecular weight is 185 g/mol. The Hall–Kier alpha value is -0.757. The molecule has 0 saturated carbocycles. The van der Waals surface area contributed by atoms with Gasteiger partial charge < -0.3 is 0 Å². The molecule has 38 valence electrons. The Labute approximate surface area is 46.9 Å². The molecule has 0 aromatic rings. The molecule has 0 amide bonds. The van der Waals surface area contributed by atoms with Crippen molar-refractivity contribution in [2.24, 2.45) is 7.71 Å². The molecule has 0 aliphatic rings. The van der Waals surface area contributed by atoms with Gasteiger partial charge in [-0.05, 0) is 0 Å². The molecule has 0 fully saturated rings. The minimum atomic E-state index is -0.811. The first kappa shape index (κ1) is 6.24. The Balaban J connectivity index is 3.33. The Morgan fingerprint density at radius 3 is 1.86 bits per heavy atom. The van der Waals surface area contributed by atoms with Crippen molar-refractivity contribution in [3.05, 3.63) is 20.9 Å². The summed E-state index contributed by atoms with van der Waals surface area (Å²) in [7, 11) is 0. The third kappa shape index (κ3) is 5.24. The Kier molecular flexibility index (Phi) is 4.68. The summed E-state index contributed by atoms with van der Waals surface area (Å²) < 4.78 is 6.02. The number of nitrogens with zero attached hydrogens (tertiary/aromatic N) is 6. The summed E-state index contributed by atoms with van der Waals surface area (Å²) in [5.41, 5.74) is 15.2. The van der Waals surface area contributed by atoms with Gasteiger partial charge in [0.1, 0.15) is 0 Å². The zero-order valence-electron chi connectivity index (χ0n) is 3.04. The number of hydrogen-bond acceptors (Lipinski definition) is 2. The molecular formula is N6Ru. The quantitative estimate of drug-likeness (QED) is 0.269. The molecule has 0 heterocycles. The fourth-order valence-corrected chi connectivity index (χ4v) is 0.251. The second kappa shape index (κ2) is 5.24. The van der Waals surface area contributed by atoms with E-state index in [1.54, 1.807) is 0 Å². The van der Waals surface area contributed by atoms with Crippen LogP contribution in [0.2, 0.25) is 0 Å². The molecule has 0 spiro atoms. The van der Waals surface area contributed by atoms with E-state index in [2.05, 4.69) is 17.5 Å². The first-order chi connectivity index (χ1) is 3.41. The molecule has 7 heavy (non-hydrogen) atoms. The van der Waals surface area contributed by atoms with E-state index in [0.29, 0.717) is 0 Å².